The molecular formula is C5H8F2N2O2. The highest BCUT2D eigenvalue weighted by Gasteiger charge is 2.07. The first-order valence-corrected chi connectivity index (χ1v) is 2.85. The van der Waals surface area contributed by atoms with Crippen LogP contribution in [-0.4, -0.2) is 24.8 Å². The normalized spacial score (nSPS) is 9.73. The smallest absolute Gasteiger partial charge is 0.255 e. The molecule has 4 nitrogen and oxygen atoms in total. The van der Waals surface area contributed by atoms with Gasteiger partial charge in [-0.2, -0.15) is 0 Å². The first-order chi connectivity index (χ1) is 5.02. The first-order valence-electron chi connectivity index (χ1n) is 2.85. The monoisotopic (exact) mass is 166 g/mol. The van der Waals surface area contributed by atoms with E-state index in [2.05, 4.69) is 5.73 Å². The predicted molar refractivity (Wildman–Crippen MR) is 32.8 cm³/mol. The van der Waals surface area contributed by atoms with Crippen molar-refractivity contribution in [2.75, 3.05) is 6.54 Å². The van der Waals surface area contributed by atoms with Crippen molar-refractivity contribution in [2.45, 2.75) is 12.8 Å². The summed E-state index contributed by atoms with van der Waals surface area (Å²) in [5.41, 5.74) is 4.61. The molecule has 3 N–H and O–H groups in total. The van der Waals surface area contributed by atoms with E-state index in [1.807, 2.05) is 5.32 Å². The van der Waals surface area contributed by atoms with Gasteiger partial charge in [0.2, 0.25) is 11.8 Å². The Morgan fingerprint density at radius 2 is 2.00 bits per heavy atom. The number of carbonyl (C=O) groups is 2. The van der Waals surface area contributed by atoms with Gasteiger partial charge in [0.1, 0.15) is 6.42 Å². The lowest BCUT2D eigenvalue weighted by atomic mass is 10.4. The Balaban J connectivity index is 3.46. The fourth-order valence-corrected chi connectivity index (χ4v) is 0.412. The lowest BCUT2D eigenvalue weighted by Gasteiger charge is -2.00. The third-order valence-electron chi connectivity index (χ3n) is 0.788. The van der Waals surface area contributed by atoms with E-state index in [0.717, 1.165) is 0 Å². The van der Waals surface area contributed by atoms with E-state index in [9.17, 15) is 18.4 Å². The van der Waals surface area contributed by atoms with Crippen LogP contribution in [0.25, 0.3) is 0 Å². The molecule has 0 aromatic rings. The lowest BCUT2D eigenvalue weighted by Crippen LogP contribution is -2.31. The maximum absolute atomic E-state index is 11.4. The van der Waals surface area contributed by atoms with Crippen LogP contribution in [-0.2, 0) is 9.59 Å². The Hall–Kier alpha value is -1.20. The molecule has 6 heteroatoms. The summed E-state index contributed by atoms with van der Waals surface area (Å²) in [6, 6.07) is 0. The summed E-state index contributed by atoms with van der Waals surface area (Å²) in [5, 5.41) is 1.82. The second kappa shape index (κ2) is 4.59. The molecule has 64 valence electrons. The molecule has 0 spiro atoms. The number of amides is 2. The van der Waals surface area contributed by atoms with Crippen LogP contribution in [0, 0.1) is 0 Å². The first kappa shape index (κ1) is 9.80. The molecule has 0 aromatic carbocycles. The molecule has 0 bridgehead atoms. The molecule has 0 fully saturated rings. The average molecular weight is 166 g/mol. The minimum atomic E-state index is -2.60. The molecule has 2 amide bonds. The van der Waals surface area contributed by atoms with Crippen LogP contribution in [0.4, 0.5) is 8.78 Å². The van der Waals surface area contributed by atoms with Crippen LogP contribution < -0.4 is 11.1 Å². The molecule has 0 unspecified atom stereocenters. The molecule has 0 rings (SSSR count). The standard InChI is InChI=1S/C5H8F2N2O2/c6-3(7)2-9-5(11)1-4(8)10/h3H,1-2H2,(H2,8,10)(H,9,11). The zero-order valence-electron chi connectivity index (χ0n) is 5.64. The van der Waals surface area contributed by atoms with E-state index in [-0.39, 0.29) is 0 Å². The fraction of sp³-hybridized carbons (Fsp3) is 0.600. The fourth-order valence-electron chi connectivity index (χ4n) is 0.412. The van der Waals surface area contributed by atoms with Crippen molar-refractivity contribution in [2.24, 2.45) is 5.73 Å². The van der Waals surface area contributed by atoms with Gasteiger partial charge in [-0.15, -0.1) is 0 Å². The summed E-state index contributed by atoms with van der Waals surface area (Å²) < 4.78 is 22.8. The highest BCUT2D eigenvalue weighted by Crippen LogP contribution is 1.88. The number of nitrogens with two attached hydrogens (primary N) is 1. The summed E-state index contributed by atoms with van der Waals surface area (Å²) >= 11 is 0. The molecule has 0 saturated carbocycles. The Morgan fingerprint density at radius 3 is 2.36 bits per heavy atom. The molecule has 0 saturated heterocycles. The van der Waals surface area contributed by atoms with Crippen LogP contribution in [0.1, 0.15) is 6.42 Å². The van der Waals surface area contributed by atoms with Crippen LogP contribution in [0.15, 0.2) is 0 Å². The average Bonchev–Trinajstić information content (AvgIpc) is 1.82. The van der Waals surface area contributed by atoms with Gasteiger partial charge in [-0.05, 0) is 0 Å². The van der Waals surface area contributed by atoms with Crippen molar-refractivity contribution in [3.8, 4) is 0 Å². The number of nitrogens with one attached hydrogen (secondary N) is 1. The van der Waals surface area contributed by atoms with E-state index < -0.39 is 31.2 Å². The van der Waals surface area contributed by atoms with Crippen LogP contribution in [0.2, 0.25) is 0 Å². The lowest BCUT2D eigenvalue weighted by molar-refractivity contribution is -0.128. The van der Waals surface area contributed by atoms with Crippen LogP contribution in [0.5, 0.6) is 0 Å². The molecule has 0 aromatic heterocycles. The number of primary amides is 1. The molecule has 11 heavy (non-hydrogen) atoms. The zero-order valence-corrected chi connectivity index (χ0v) is 5.64. The molecule has 0 atom stereocenters. The number of alkyl halides is 2. The van der Waals surface area contributed by atoms with Crippen molar-refractivity contribution >= 4 is 11.8 Å². The highest BCUT2D eigenvalue weighted by molar-refractivity contribution is 5.95. The summed E-state index contributed by atoms with van der Waals surface area (Å²) in [6.07, 6.45) is -3.15. The van der Waals surface area contributed by atoms with Crippen molar-refractivity contribution in [3.05, 3.63) is 0 Å². The summed E-state index contributed by atoms with van der Waals surface area (Å²) in [5.74, 6) is -1.62. The van der Waals surface area contributed by atoms with Crippen LogP contribution in [0.3, 0.4) is 0 Å². The van der Waals surface area contributed by atoms with Gasteiger partial charge in [0.25, 0.3) is 6.43 Å². The molecular weight excluding hydrogens is 158 g/mol. The largest absolute Gasteiger partial charge is 0.369 e. The van der Waals surface area contributed by atoms with Gasteiger partial charge in [-0.3, -0.25) is 9.59 Å². The van der Waals surface area contributed by atoms with Gasteiger partial charge in [0.15, 0.2) is 0 Å². The molecule has 0 heterocycles. The van der Waals surface area contributed by atoms with Gasteiger partial charge in [0, 0.05) is 0 Å². The topological polar surface area (TPSA) is 72.2 Å². The number of carbonyl (C=O) groups excluding carboxylic acids is 2. The quantitative estimate of drug-likeness (QED) is 0.539. The van der Waals surface area contributed by atoms with E-state index in [4.69, 9.17) is 0 Å². The van der Waals surface area contributed by atoms with E-state index >= 15 is 0 Å². The van der Waals surface area contributed by atoms with Crippen LogP contribution >= 0.6 is 0 Å². The highest BCUT2D eigenvalue weighted by atomic mass is 19.3. The molecule has 0 aliphatic heterocycles. The van der Waals surface area contributed by atoms with Gasteiger partial charge in [0.05, 0.1) is 6.54 Å². The summed E-state index contributed by atoms with van der Waals surface area (Å²) in [6.45, 7) is -0.744. The third kappa shape index (κ3) is 6.69. The number of rotatable bonds is 4. The Morgan fingerprint density at radius 1 is 1.45 bits per heavy atom. The molecule has 0 aliphatic rings. The minimum absolute atomic E-state index is 0.549. The second-order valence-corrected chi connectivity index (χ2v) is 1.84. The van der Waals surface area contributed by atoms with Crippen molar-refractivity contribution in [3.63, 3.8) is 0 Å². The number of hydrogen-bond donors (Lipinski definition) is 2. The second-order valence-electron chi connectivity index (χ2n) is 1.84. The third-order valence-corrected chi connectivity index (χ3v) is 0.788. The van der Waals surface area contributed by atoms with E-state index in [1.165, 1.54) is 0 Å². The summed E-state index contributed by atoms with van der Waals surface area (Å²) in [7, 11) is 0. The molecule has 0 radical (unpaired) electrons. The maximum Gasteiger partial charge on any atom is 0.255 e. The van der Waals surface area contributed by atoms with E-state index in [0.29, 0.717) is 0 Å². The van der Waals surface area contributed by atoms with Gasteiger partial charge >= 0.3 is 0 Å². The predicted octanol–water partition coefficient (Wildman–Crippen LogP) is -0.757. The van der Waals surface area contributed by atoms with Gasteiger partial charge in [-0.25, -0.2) is 8.78 Å². The van der Waals surface area contributed by atoms with Crippen molar-refractivity contribution in [1.82, 2.24) is 5.32 Å². The Kier molecular flexibility index (Phi) is 4.09. The maximum atomic E-state index is 11.4. The number of halogens is 2. The van der Waals surface area contributed by atoms with Gasteiger partial charge in [-0.1, -0.05) is 0 Å². The molecule has 0 aliphatic carbocycles. The number of hydrogen-bond acceptors (Lipinski definition) is 2. The van der Waals surface area contributed by atoms with Crippen molar-refractivity contribution in [1.29, 1.82) is 0 Å². The van der Waals surface area contributed by atoms with Crippen molar-refractivity contribution < 1.29 is 18.4 Å². The SMILES string of the molecule is NC(=O)CC(=O)NCC(F)F. The zero-order chi connectivity index (χ0) is 8.85. The Bertz CT molecular complexity index is 161. The minimum Gasteiger partial charge on any atom is -0.369 e. The van der Waals surface area contributed by atoms with E-state index in [1.54, 1.807) is 0 Å². The van der Waals surface area contributed by atoms with Gasteiger partial charge < -0.3 is 11.1 Å². The summed E-state index contributed by atoms with van der Waals surface area (Å²) in [4.78, 5) is 20.4. The Labute approximate surface area is 61.7 Å².